The fourth-order valence-electron chi connectivity index (χ4n) is 2.03. The maximum Gasteiger partial charge on any atom is 0.248 e. The van der Waals surface area contributed by atoms with Crippen molar-refractivity contribution in [2.75, 3.05) is 19.7 Å². The van der Waals surface area contributed by atoms with Crippen LogP contribution in [0.4, 0.5) is 0 Å². The van der Waals surface area contributed by atoms with Gasteiger partial charge in [0.05, 0.1) is 11.6 Å². The van der Waals surface area contributed by atoms with E-state index in [1.165, 1.54) is 0 Å². The molecule has 1 aromatic rings. The predicted molar refractivity (Wildman–Crippen MR) is 71.1 cm³/mol. The van der Waals surface area contributed by atoms with Gasteiger partial charge < -0.3 is 15.8 Å². The van der Waals surface area contributed by atoms with Crippen molar-refractivity contribution in [1.82, 2.24) is 5.32 Å². The van der Waals surface area contributed by atoms with E-state index >= 15 is 0 Å². The lowest BCUT2D eigenvalue weighted by molar-refractivity contribution is 0.1000. The molecule has 1 aromatic carbocycles. The number of carbonyl (C=O) groups is 1. The molecule has 0 aliphatic carbocycles. The third-order valence-electron chi connectivity index (χ3n) is 3.15. The van der Waals surface area contributed by atoms with Crippen molar-refractivity contribution in [3.8, 4) is 5.75 Å². The van der Waals surface area contributed by atoms with E-state index in [0.717, 1.165) is 25.9 Å². The van der Waals surface area contributed by atoms with E-state index in [-0.39, 0.29) is 0 Å². The Kier molecular flexibility index (Phi) is 4.44. The molecule has 5 heteroatoms. The van der Waals surface area contributed by atoms with E-state index in [2.05, 4.69) is 5.32 Å². The summed E-state index contributed by atoms with van der Waals surface area (Å²) < 4.78 is 5.70. The van der Waals surface area contributed by atoms with Crippen LogP contribution in [0.3, 0.4) is 0 Å². The Morgan fingerprint density at radius 2 is 2.17 bits per heavy atom. The van der Waals surface area contributed by atoms with E-state index in [0.29, 0.717) is 28.9 Å². The quantitative estimate of drug-likeness (QED) is 0.875. The minimum atomic E-state index is -0.484. The Bertz CT molecular complexity index is 431. The van der Waals surface area contributed by atoms with E-state index in [1.54, 1.807) is 18.2 Å². The standard InChI is InChI=1S/C13H17ClN2O2/c14-11-7-10(13(15)17)1-2-12(11)18-8-9-3-5-16-6-4-9/h1-2,7,9,16H,3-6,8H2,(H2,15,17). The van der Waals surface area contributed by atoms with Crippen LogP contribution < -0.4 is 15.8 Å². The van der Waals surface area contributed by atoms with Gasteiger partial charge in [0, 0.05) is 5.56 Å². The Morgan fingerprint density at radius 1 is 1.44 bits per heavy atom. The van der Waals surface area contributed by atoms with Crippen molar-refractivity contribution in [2.24, 2.45) is 11.7 Å². The molecular formula is C13H17ClN2O2. The van der Waals surface area contributed by atoms with Crippen LogP contribution in [-0.2, 0) is 0 Å². The van der Waals surface area contributed by atoms with Crippen molar-refractivity contribution < 1.29 is 9.53 Å². The maximum atomic E-state index is 11.0. The van der Waals surface area contributed by atoms with Gasteiger partial charge in [-0.15, -0.1) is 0 Å². The molecule has 1 aliphatic rings. The topological polar surface area (TPSA) is 64.4 Å². The predicted octanol–water partition coefficient (Wildman–Crippen LogP) is 1.82. The number of carbonyl (C=O) groups excluding carboxylic acids is 1. The molecular weight excluding hydrogens is 252 g/mol. The van der Waals surface area contributed by atoms with Crippen LogP contribution >= 0.6 is 11.6 Å². The molecule has 0 saturated carbocycles. The van der Waals surface area contributed by atoms with Gasteiger partial charge in [0.25, 0.3) is 0 Å². The summed E-state index contributed by atoms with van der Waals surface area (Å²) in [5.41, 5.74) is 5.58. The van der Waals surface area contributed by atoms with Gasteiger partial charge in [-0.2, -0.15) is 0 Å². The molecule has 2 rings (SSSR count). The van der Waals surface area contributed by atoms with E-state index in [9.17, 15) is 4.79 Å². The summed E-state index contributed by atoms with van der Waals surface area (Å²) in [4.78, 5) is 11.0. The molecule has 4 nitrogen and oxygen atoms in total. The Morgan fingerprint density at radius 3 is 2.78 bits per heavy atom. The van der Waals surface area contributed by atoms with Gasteiger partial charge in [-0.25, -0.2) is 0 Å². The van der Waals surface area contributed by atoms with Crippen molar-refractivity contribution in [3.05, 3.63) is 28.8 Å². The van der Waals surface area contributed by atoms with Gasteiger partial charge in [-0.1, -0.05) is 11.6 Å². The lowest BCUT2D eigenvalue weighted by Gasteiger charge is -2.22. The number of halogens is 1. The monoisotopic (exact) mass is 268 g/mol. The van der Waals surface area contributed by atoms with Crippen LogP contribution in [0.15, 0.2) is 18.2 Å². The highest BCUT2D eigenvalue weighted by Gasteiger charge is 2.14. The highest BCUT2D eigenvalue weighted by atomic mass is 35.5. The average molecular weight is 269 g/mol. The number of hydrogen-bond donors (Lipinski definition) is 2. The zero-order valence-corrected chi connectivity index (χ0v) is 10.9. The third-order valence-corrected chi connectivity index (χ3v) is 3.45. The Balaban J connectivity index is 1.94. The maximum absolute atomic E-state index is 11.0. The molecule has 1 amide bonds. The number of primary amides is 1. The summed E-state index contributed by atoms with van der Waals surface area (Å²) in [6, 6.07) is 4.87. The zero-order chi connectivity index (χ0) is 13.0. The van der Waals surface area contributed by atoms with E-state index < -0.39 is 5.91 Å². The smallest absolute Gasteiger partial charge is 0.248 e. The van der Waals surface area contributed by atoms with Crippen molar-refractivity contribution in [2.45, 2.75) is 12.8 Å². The number of nitrogens with one attached hydrogen (secondary N) is 1. The zero-order valence-electron chi connectivity index (χ0n) is 10.1. The molecule has 1 saturated heterocycles. The number of piperidine rings is 1. The van der Waals surface area contributed by atoms with Crippen LogP contribution in [0.25, 0.3) is 0 Å². The summed E-state index contributed by atoms with van der Waals surface area (Å²) >= 11 is 6.05. The van der Waals surface area contributed by atoms with Gasteiger partial charge in [0.15, 0.2) is 0 Å². The lowest BCUT2D eigenvalue weighted by Crippen LogP contribution is -2.30. The first-order chi connectivity index (χ1) is 8.66. The summed E-state index contributed by atoms with van der Waals surface area (Å²) in [7, 11) is 0. The lowest BCUT2D eigenvalue weighted by atomic mass is 9.99. The van der Waals surface area contributed by atoms with Gasteiger partial charge in [0.2, 0.25) is 5.91 Å². The summed E-state index contributed by atoms with van der Waals surface area (Å²) in [6.45, 7) is 2.75. The largest absolute Gasteiger partial charge is 0.492 e. The van der Waals surface area contributed by atoms with Crippen LogP contribution in [0, 0.1) is 5.92 Å². The first-order valence-corrected chi connectivity index (χ1v) is 6.47. The SMILES string of the molecule is NC(=O)c1ccc(OCC2CCNCC2)c(Cl)c1. The van der Waals surface area contributed by atoms with Crippen molar-refractivity contribution in [1.29, 1.82) is 0 Å². The molecule has 0 radical (unpaired) electrons. The van der Waals surface area contributed by atoms with Gasteiger partial charge in [0.1, 0.15) is 5.75 Å². The number of amides is 1. The Labute approximate surface area is 111 Å². The second-order valence-corrected chi connectivity index (χ2v) is 4.92. The molecule has 18 heavy (non-hydrogen) atoms. The first-order valence-electron chi connectivity index (χ1n) is 6.09. The summed E-state index contributed by atoms with van der Waals surface area (Å²) in [5, 5.41) is 3.74. The molecule has 0 aromatic heterocycles. The molecule has 1 fully saturated rings. The van der Waals surface area contributed by atoms with Crippen LogP contribution in [0.5, 0.6) is 5.75 Å². The molecule has 0 bridgehead atoms. The molecule has 1 aliphatic heterocycles. The highest BCUT2D eigenvalue weighted by molar-refractivity contribution is 6.32. The van der Waals surface area contributed by atoms with Crippen molar-refractivity contribution >= 4 is 17.5 Å². The summed E-state index contributed by atoms with van der Waals surface area (Å²) in [6.07, 6.45) is 2.24. The second kappa shape index (κ2) is 6.07. The van der Waals surface area contributed by atoms with Crippen molar-refractivity contribution in [3.63, 3.8) is 0 Å². The number of ether oxygens (including phenoxy) is 1. The number of nitrogens with two attached hydrogens (primary N) is 1. The molecule has 1 heterocycles. The number of rotatable bonds is 4. The van der Waals surface area contributed by atoms with E-state index in [4.69, 9.17) is 22.1 Å². The second-order valence-electron chi connectivity index (χ2n) is 4.51. The fraction of sp³-hybridized carbons (Fsp3) is 0.462. The Hall–Kier alpha value is -1.26. The molecule has 3 N–H and O–H groups in total. The number of benzene rings is 1. The average Bonchev–Trinajstić information content (AvgIpc) is 2.38. The molecule has 0 spiro atoms. The normalized spacial score (nSPS) is 16.5. The third kappa shape index (κ3) is 3.37. The molecule has 0 unspecified atom stereocenters. The summed E-state index contributed by atoms with van der Waals surface area (Å²) in [5.74, 6) is 0.695. The van der Waals surface area contributed by atoms with Gasteiger partial charge in [-0.3, -0.25) is 4.79 Å². The minimum absolute atomic E-state index is 0.397. The van der Waals surface area contributed by atoms with Gasteiger partial charge >= 0.3 is 0 Å². The highest BCUT2D eigenvalue weighted by Crippen LogP contribution is 2.26. The fourth-order valence-corrected chi connectivity index (χ4v) is 2.26. The molecule has 0 atom stereocenters. The van der Waals surface area contributed by atoms with Crippen LogP contribution in [0.1, 0.15) is 23.2 Å². The first kappa shape index (κ1) is 13.2. The van der Waals surface area contributed by atoms with Crippen LogP contribution in [-0.4, -0.2) is 25.6 Å². The minimum Gasteiger partial charge on any atom is -0.492 e. The van der Waals surface area contributed by atoms with E-state index in [1.807, 2.05) is 0 Å². The van der Waals surface area contributed by atoms with Gasteiger partial charge in [-0.05, 0) is 50.0 Å². The number of hydrogen-bond acceptors (Lipinski definition) is 3. The van der Waals surface area contributed by atoms with Crippen LogP contribution in [0.2, 0.25) is 5.02 Å². The molecule has 98 valence electrons.